The fraction of sp³-hybridized carbons (Fsp3) is 0.278. The predicted octanol–water partition coefficient (Wildman–Crippen LogP) is 9.20. The van der Waals surface area contributed by atoms with Gasteiger partial charge in [0.1, 0.15) is 18.2 Å². The second-order valence-electron chi connectivity index (χ2n) is 13.0. The first-order chi connectivity index (χ1) is 18.4. The number of benzene rings is 3. The molecule has 3 aromatic heterocycles. The Morgan fingerprint density at radius 2 is 1.49 bits per heavy atom. The highest BCUT2D eigenvalue weighted by molar-refractivity contribution is 6.11. The van der Waals surface area contributed by atoms with Crippen molar-refractivity contribution in [3.05, 3.63) is 95.8 Å². The van der Waals surface area contributed by atoms with Crippen molar-refractivity contribution in [1.29, 1.82) is 0 Å². The number of hydrogen-bond donors (Lipinski definition) is 0. The van der Waals surface area contributed by atoms with E-state index in [4.69, 9.17) is 9.40 Å². The van der Waals surface area contributed by atoms with Crippen molar-refractivity contribution in [3.63, 3.8) is 0 Å². The quantitative estimate of drug-likeness (QED) is 0.216. The van der Waals surface area contributed by atoms with Crippen LogP contribution in [0.5, 0.6) is 0 Å². The molecule has 0 aliphatic carbocycles. The Labute approximate surface area is 231 Å². The average molecular weight is 514 g/mol. The van der Waals surface area contributed by atoms with Gasteiger partial charge >= 0.3 is 0 Å². The molecule has 0 aliphatic rings. The number of hydrogen-bond acceptors (Lipinski definition) is 2. The Balaban J connectivity index is 1.58. The van der Waals surface area contributed by atoms with Gasteiger partial charge in [-0.15, -0.1) is 0 Å². The first-order valence-corrected chi connectivity index (χ1v) is 13.8. The maximum absolute atomic E-state index is 6.60. The summed E-state index contributed by atoms with van der Waals surface area (Å²) >= 11 is 0. The van der Waals surface area contributed by atoms with Gasteiger partial charge in [-0.2, -0.15) is 0 Å². The third kappa shape index (κ3) is 4.40. The Hall–Kier alpha value is -3.98. The van der Waals surface area contributed by atoms with E-state index in [0.717, 1.165) is 50.1 Å². The summed E-state index contributed by atoms with van der Waals surface area (Å²) in [6.07, 6.45) is 2.20. The molecule has 0 spiro atoms. The Morgan fingerprint density at radius 3 is 2.21 bits per heavy atom. The van der Waals surface area contributed by atoms with Crippen LogP contribution in [0.4, 0.5) is 0 Å². The zero-order chi connectivity index (χ0) is 27.7. The summed E-state index contributed by atoms with van der Waals surface area (Å²) in [6.45, 7) is 15.7. The molecule has 0 unspecified atom stereocenters. The van der Waals surface area contributed by atoms with Crippen LogP contribution in [0.15, 0.2) is 83.4 Å². The topological polar surface area (TPSA) is 29.9 Å². The number of rotatable bonds is 2. The minimum absolute atomic E-state index is 0.0337. The van der Waals surface area contributed by atoms with E-state index in [1.807, 2.05) is 0 Å². The summed E-state index contributed by atoms with van der Waals surface area (Å²) in [7, 11) is 2.11. The molecule has 6 aromatic rings. The molecular formula is C36H37N2O+. The summed E-state index contributed by atoms with van der Waals surface area (Å²) in [5.41, 5.74) is 9.84. The molecule has 0 bridgehead atoms. The highest BCUT2D eigenvalue weighted by Crippen LogP contribution is 2.39. The second kappa shape index (κ2) is 8.77. The molecule has 3 heteroatoms. The molecule has 0 N–H and O–H groups in total. The lowest BCUT2D eigenvalue weighted by Gasteiger charge is -2.25. The van der Waals surface area contributed by atoms with Crippen LogP contribution in [-0.2, 0) is 17.9 Å². The van der Waals surface area contributed by atoms with E-state index >= 15 is 0 Å². The van der Waals surface area contributed by atoms with Crippen molar-refractivity contribution in [1.82, 2.24) is 4.98 Å². The van der Waals surface area contributed by atoms with E-state index in [0.29, 0.717) is 0 Å². The van der Waals surface area contributed by atoms with Crippen molar-refractivity contribution in [3.8, 4) is 22.5 Å². The maximum Gasteiger partial charge on any atom is 0.216 e. The number of furan rings is 1. The van der Waals surface area contributed by atoms with Crippen LogP contribution in [0.3, 0.4) is 0 Å². The largest absolute Gasteiger partial charge is 0.455 e. The van der Waals surface area contributed by atoms with Gasteiger partial charge < -0.3 is 4.42 Å². The molecular weight excluding hydrogens is 476 g/mol. The van der Waals surface area contributed by atoms with Gasteiger partial charge in [-0.1, -0.05) is 71.9 Å². The minimum atomic E-state index is -0.0374. The van der Waals surface area contributed by atoms with Gasteiger partial charge in [0.2, 0.25) is 5.69 Å². The Bertz CT molecular complexity index is 1860. The van der Waals surface area contributed by atoms with Gasteiger partial charge in [0.15, 0.2) is 6.20 Å². The summed E-state index contributed by atoms with van der Waals surface area (Å²) in [4.78, 5) is 5.15. The van der Waals surface area contributed by atoms with Crippen LogP contribution in [0.25, 0.3) is 55.2 Å². The number of fused-ring (bicyclic) bond motifs is 4. The van der Waals surface area contributed by atoms with Gasteiger partial charge in [-0.25, -0.2) is 4.57 Å². The van der Waals surface area contributed by atoms with E-state index < -0.39 is 0 Å². The third-order valence-electron chi connectivity index (χ3n) is 7.86. The molecule has 3 aromatic carbocycles. The highest BCUT2D eigenvalue weighted by Gasteiger charge is 2.24. The zero-order valence-electron chi connectivity index (χ0n) is 24.3. The number of aryl methyl sites for hydroxylation is 2. The third-order valence-corrected chi connectivity index (χ3v) is 7.86. The normalized spacial score (nSPS) is 12.6. The van der Waals surface area contributed by atoms with Crippen molar-refractivity contribution in [2.75, 3.05) is 0 Å². The summed E-state index contributed by atoms with van der Waals surface area (Å²) < 4.78 is 8.81. The zero-order valence-corrected chi connectivity index (χ0v) is 24.3. The smallest absolute Gasteiger partial charge is 0.216 e. The lowest BCUT2D eigenvalue weighted by molar-refractivity contribution is -0.659. The minimum Gasteiger partial charge on any atom is -0.455 e. The van der Waals surface area contributed by atoms with Gasteiger partial charge in [0.05, 0.1) is 11.3 Å². The lowest BCUT2D eigenvalue weighted by Crippen LogP contribution is -2.30. The highest BCUT2D eigenvalue weighted by atomic mass is 16.3. The van der Waals surface area contributed by atoms with E-state index in [1.54, 1.807) is 0 Å². The van der Waals surface area contributed by atoms with Crippen molar-refractivity contribution >= 4 is 32.7 Å². The molecule has 0 radical (unpaired) electrons. The van der Waals surface area contributed by atoms with Crippen LogP contribution in [0.1, 0.15) is 58.4 Å². The van der Waals surface area contributed by atoms with E-state index in [2.05, 4.69) is 139 Å². The van der Waals surface area contributed by atoms with E-state index in [1.165, 1.54) is 21.9 Å². The molecule has 6 rings (SSSR count). The Morgan fingerprint density at radius 1 is 0.744 bits per heavy atom. The molecule has 3 nitrogen and oxygen atoms in total. The van der Waals surface area contributed by atoms with Crippen molar-refractivity contribution < 1.29 is 8.98 Å². The molecule has 39 heavy (non-hydrogen) atoms. The Kier molecular flexibility index (Phi) is 5.69. The van der Waals surface area contributed by atoms with Crippen LogP contribution in [-0.4, -0.2) is 4.98 Å². The number of nitrogens with zero attached hydrogens (tertiary/aromatic N) is 2. The van der Waals surface area contributed by atoms with Gasteiger partial charge in [-0.3, -0.25) is 4.98 Å². The summed E-state index contributed by atoms with van der Waals surface area (Å²) in [5, 5.41) is 4.69. The van der Waals surface area contributed by atoms with E-state index in [-0.39, 0.29) is 10.8 Å². The predicted molar refractivity (Wildman–Crippen MR) is 163 cm³/mol. The fourth-order valence-electron chi connectivity index (χ4n) is 5.45. The molecule has 0 atom stereocenters. The SMILES string of the molecule is Cc1ccc2c(oc3ccc(-c4cc(C(C)(C)C)cc(C(C)(C)C)n4)cc32)c1-c1cc2ccccc2c[n+]1C. The van der Waals surface area contributed by atoms with Gasteiger partial charge in [-0.05, 0) is 65.3 Å². The van der Waals surface area contributed by atoms with Crippen LogP contribution in [0.2, 0.25) is 0 Å². The van der Waals surface area contributed by atoms with Crippen LogP contribution < -0.4 is 4.57 Å². The van der Waals surface area contributed by atoms with Crippen LogP contribution >= 0.6 is 0 Å². The number of pyridine rings is 2. The molecule has 196 valence electrons. The standard InChI is InChI=1S/C36H37N2O/c1-22-13-15-27-28-17-24(29-19-26(35(2,3)4)20-32(37-29)36(5,6)7)14-16-31(28)39-34(27)33(22)30-18-23-11-9-10-12-25(23)21-38(30)8/h9-21H,1-8H3/q+1. The maximum atomic E-state index is 6.60. The second-order valence-corrected chi connectivity index (χ2v) is 13.0. The van der Waals surface area contributed by atoms with Crippen molar-refractivity contribution in [2.24, 2.45) is 7.05 Å². The summed E-state index contributed by atoms with van der Waals surface area (Å²) in [5.74, 6) is 0. The van der Waals surface area contributed by atoms with Crippen LogP contribution in [0, 0.1) is 6.92 Å². The summed E-state index contributed by atoms with van der Waals surface area (Å²) in [6, 6.07) is 26.2. The first kappa shape index (κ1) is 25.3. The molecule has 0 saturated heterocycles. The molecule has 0 aliphatic heterocycles. The average Bonchev–Trinajstić information content (AvgIpc) is 3.25. The fourth-order valence-corrected chi connectivity index (χ4v) is 5.45. The first-order valence-electron chi connectivity index (χ1n) is 13.8. The van der Waals surface area contributed by atoms with E-state index in [9.17, 15) is 0 Å². The monoisotopic (exact) mass is 513 g/mol. The van der Waals surface area contributed by atoms with Gasteiger partial charge in [0.25, 0.3) is 0 Å². The lowest BCUT2D eigenvalue weighted by atomic mass is 9.82. The molecule has 0 fully saturated rings. The molecule has 3 heterocycles. The van der Waals surface area contributed by atoms with Gasteiger partial charge in [0, 0.05) is 38.9 Å². The number of aromatic nitrogens is 2. The molecule has 0 saturated carbocycles. The molecule has 0 amide bonds. The van der Waals surface area contributed by atoms with Crippen molar-refractivity contribution in [2.45, 2.75) is 59.3 Å².